The highest BCUT2D eigenvalue weighted by molar-refractivity contribution is 7.99. The van der Waals surface area contributed by atoms with E-state index in [0.29, 0.717) is 6.42 Å². The molecule has 0 spiro atoms. The smallest absolute Gasteiger partial charge is 0.324 e. The standard InChI is InChI=1S/C21H41NO2S/c1-4-6-7-8-9-10-11-12-13-14-15-16-17-19-25-20(3)22-24-21(23)18-5-2/h12-13,20,22H,4-11,14-19H2,1-3H3. The molecule has 1 N–H and O–H groups in total. The van der Waals surface area contributed by atoms with E-state index in [1.54, 1.807) is 0 Å². The average Bonchev–Trinajstić information content (AvgIpc) is 2.60. The van der Waals surface area contributed by atoms with Gasteiger partial charge in [-0.15, -0.1) is 17.2 Å². The normalized spacial score (nSPS) is 12.6. The van der Waals surface area contributed by atoms with E-state index in [1.807, 2.05) is 25.6 Å². The Morgan fingerprint density at radius 3 is 2.16 bits per heavy atom. The van der Waals surface area contributed by atoms with Crippen LogP contribution in [0.3, 0.4) is 0 Å². The summed E-state index contributed by atoms with van der Waals surface area (Å²) in [5, 5.41) is 0.165. The summed E-state index contributed by atoms with van der Waals surface area (Å²) in [6.45, 7) is 6.28. The van der Waals surface area contributed by atoms with Crippen molar-refractivity contribution in [2.24, 2.45) is 0 Å². The molecule has 0 heterocycles. The van der Waals surface area contributed by atoms with E-state index >= 15 is 0 Å². The highest BCUT2D eigenvalue weighted by Crippen LogP contribution is 2.13. The van der Waals surface area contributed by atoms with Crippen molar-refractivity contribution in [1.29, 1.82) is 0 Å². The summed E-state index contributed by atoms with van der Waals surface area (Å²) in [5.41, 5.74) is 2.82. The van der Waals surface area contributed by atoms with Gasteiger partial charge in [0.2, 0.25) is 0 Å². The molecule has 0 rings (SSSR count). The van der Waals surface area contributed by atoms with Crippen LogP contribution in [0.25, 0.3) is 0 Å². The van der Waals surface area contributed by atoms with Crippen molar-refractivity contribution in [3.63, 3.8) is 0 Å². The number of hydrogen-bond donors (Lipinski definition) is 1. The van der Waals surface area contributed by atoms with Gasteiger partial charge in [0.1, 0.15) is 0 Å². The van der Waals surface area contributed by atoms with Crippen LogP contribution >= 0.6 is 11.8 Å². The van der Waals surface area contributed by atoms with Crippen molar-refractivity contribution >= 4 is 17.7 Å². The highest BCUT2D eigenvalue weighted by atomic mass is 32.2. The molecule has 0 aromatic heterocycles. The molecule has 148 valence electrons. The topological polar surface area (TPSA) is 38.3 Å². The number of nitrogens with one attached hydrogen (secondary N) is 1. The van der Waals surface area contributed by atoms with Crippen LogP contribution in [0.1, 0.15) is 104 Å². The maximum Gasteiger partial charge on any atom is 0.324 e. The van der Waals surface area contributed by atoms with Gasteiger partial charge in [-0.25, -0.2) is 0 Å². The van der Waals surface area contributed by atoms with E-state index < -0.39 is 0 Å². The molecular weight excluding hydrogens is 330 g/mol. The van der Waals surface area contributed by atoms with Gasteiger partial charge < -0.3 is 4.84 Å². The molecule has 0 saturated heterocycles. The lowest BCUT2D eigenvalue weighted by molar-refractivity contribution is -0.151. The SMILES string of the molecule is CCCCCCCCC=CCCCCCSC(C)NOC(=O)CCC. The van der Waals surface area contributed by atoms with Crippen molar-refractivity contribution in [3.8, 4) is 0 Å². The van der Waals surface area contributed by atoms with Gasteiger partial charge in [0.25, 0.3) is 0 Å². The van der Waals surface area contributed by atoms with Crippen LogP contribution in [0.2, 0.25) is 0 Å². The summed E-state index contributed by atoms with van der Waals surface area (Å²) in [7, 11) is 0. The third-order valence-corrected chi connectivity index (χ3v) is 5.19. The van der Waals surface area contributed by atoms with E-state index in [4.69, 9.17) is 4.84 Å². The van der Waals surface area contributed by atoms with E-state index in [2.05, 4.69) is 24.6 Å². The van der Waals surface area contributed by atoms with Gasteiger partial charge in [-0.05, 0) is 51.2 Å². The number of hydroxylamine groups is 1. The van der Waals surface area contributed by atoms with E-state index in [0.717, 1.165) is 12.2 Å². The van der Waals surface area contributed by atoms with Gasteiger partial charge >= 0.3 is 5.97 Å². The Morgan fingerprint density at radius 2 is 1.52 bits per heavy atom. The van der Waals surface area contributed by atoms with Crippen molar-refractivity contribution in [2.75, 3.05) is 5.75 Å². The van der Waals surface area contributed by atoms with Gasteiger partial charge in [-0.3, -0.25) is 4.79 Å². The van der Waals surface area contributed by atoms with Crippen LogP contribution in [0.15, 0.2) is 12.2 Å². The van der Waals surface area contributed by atoms with E-state index in [9.17, 15) is 4.79 Å². The van der Waals surface area contributed by atoms with Crippen LogP contribution in [0.5, 0.6) is 0 Å². The first-order valence-electron chi connectivity index (χ1n) is 10.4. The Kier molecular flexibility index (Phi) is 19.5. The quantitative estimate of drug-likeness (QED) is 0.125. The summed E-state index contributed by atoms with van der Waals surface area (Å²) in [6.07, 6.45) is 20.6. The molecule has 0 aliphatic heterocycles. The molecule has 1 unspecified atom stereocenters. The Hall–Kier alpha value is -0.480. The highest BCUT2D eigenvalue weighted by Gasteiger charge is 2.05. The molecule has 0 aliphatic carbocycles. The van der Waals surface area contributed by atoms with Crippen LogP contribution in [-0.2, 0) is 9.63 Å². The van der Waals surface area contributed by atoms with Crippen molar-refractivity contribution in [3.05, 3.63) is 12.2 Å². The first kappa shape index (κ1) is 24.5. The number of allylic oxidation sites excluding steroid dienone is 2. The second-order valence-electron chi connectivity index (χ2n) is 6.73. The van der Waals surface area contributed by atoms with Crippen molar-refractivity contribution in [1.82, 2.24) is 5.48 Å². The predicted molar refractivity (Wildman–Crippen MR) is 112 cm³/mol. The number of thioether (sulfide) groups is 1. The zero-order valence-electron chi connectivity index (χ0n) is 16.9. The molecule has 0 amide bonds. The minimum atomic E-state index is -0.164. The van der Waals surface area contributed by atoms with E-state index in [-0.39, 0.29) is 11.3 Å². The zero-order valence-corrected chi connectivity index (χ0v) is 17.7. The summed E-state index contributed by atoms with van der Waals surface area (Å²) in [4.78, 5) is 16.2. The fraction of sp³-hybridized carbons (Fsp3) is 0.857. The molecule has 0 radical (unpaired) electrons. The third-order valence-electron chi connectivity index (χ3n) is 4.07. The average molecular weight is 372 g/mol. The van der Waals surface area contributed by atoms with Gasteiger partial charge in [-0.2, -0.15) is 0 Å². The molecule has 0 aromatic carbocycles. The molecular formula is C21H41NO2S. The fourth-order valence-corrected chi connectivity index (χ4v) is 3.36. The number of carbonyl (C=O) groups excluding carboxylic acids is 1. The largest absolute Gasteiger partial charge is 0.370 e. The fourth-order valence-electron chi connectivity index (χ4n) is 2.52. The minimum absolute atomic E-state index is 0.164. The summed E-state index contributed by atoms with van der Waals surface area (Å²) >= 11 is 1.81. The minimum Gasteiger partial charge on any atom is -0.370 e. The summed E-state index contributed by atoms with van der Waals surface area (Å²) in [5.74, 6) is 0.948. The molecule has 0 bridgehead atoms. The second kappa shape index (κ2) is 19.8. The lowest BCUT2D eigenvalue weighted by Gasteiger charge is -2.12. The van der Waals surface area contributed by atoms with Gasteiger partial charge in [-0.1, -0.05) is 64.5 Å². The lowest BCUT2D eigenvalue weighted by atomic mass is 10.1. The zero-order chi connectivity index (χ0) is 18.6. The Bertz CT molecular complexity index is 321. The Morgan fingerprint density at radius 1 is 0.920 bits per heavy atom. The number of rotatable bonds is 18. The third kappa shape index (κ3) is 19.7. The lowest BCUT2D eigenvalue weighted by Crippen LogP contribution is -2.26. The maximum atomic E-state index is 11.2. The van der Waals surface area contributed by atoms with Gasteiger partial charge in [0.15, 0.2) is 0 Å². The first-order chi connectivity index (χ1) is 12.2. The Balaban J connectivity index is 3.27. The summed E-state index contributed by atoms with van der Waals surface area (Å²) < 4.78 is 0. The number of hydrogen-bond acceptors (Lipinski definition) is 4. The number of carbonyl (C=O) groups is 1. The van der Waals surface area contributed by atoms with Crippen LogP contribution in [-0.4, -0.2) is 17.1 Å². The van der Waals surface area contributed by atoms with Crippen LogP contribution < -0.4 is 5.48 Å². The van der Waals surface area contributed by atoms with Crippen molar-refractivity contribution in [2.45, 2.75) is 110 Å². The van der Waals surface area contributed by atoms with Gasteiger partial charge in [0, 0.05) is 6.42 Å². The molecule has 0 saturated carbocycles. The number of unbranched alkanes of at least 4 members (excludes halogenated alkanes) is 9. The van der Waals surface area contributed by atoms with Crippen LogP contribution in [0, 0.1) is 0 Å². The van der Waals surface area contributed by atoms with Gasteiger partial charge in [0.05, 0.1) is 5.37 Å². The molecule has 0 aromatic rings. The molecule has 1 atom stereocenters. The maximum absolute atomic E-state index is 11.2. The molecule has 0 aliphatic rings. The molecule has 4 heteroatoms. The second-order valence-corrected chi connectivity index (χ2v) is 8.18. The molecule has 0 fully saturated rings. The Labute approximate surface area is 160 Å². The predicted octanol–water partition coefficient (Wildman–Crippen LogP) is 6.78. The monoisotopic (exact) mass is 371 g/mol. The first-order valence-corrected chi connectivity index (χ1v) is 11.5. The van der Waals surface area contributed by atoms with Crippen LogP contribution in [0.4, 0.5) is 0 Å². The summed E-state index contributed by atoms with van der Waals surface area (Å²) in [6, 6.07) is 0. The molecule has 3 nitrogen and oxygen atoms in total. The molecule has 25 heavy (non-hydrogen) atoms. The van der Waals surface area contributed by atoms with Crippen molar-refractivity contribution < 1.29 is 9.63 Å². The van der Waals surface area contributed by atoms with E-state index in [1.165, 1.54) is 70.6 Å².